The SMILES string of the molecule is CCc1cc(-c2ccc(S(=O)O)s2)c(C)[nH]c1=O. The number of aryl methyl sites for hydroxylation is 2. The lowest BCUT2D eigenvalue weighted by Crippen LogP contribution is -2.13. The number of thiophene rings is 1. The minimum Gasteiger partial charge on any atom is -0.326 e. The molecule has 0 aromatic carbocycles. The van der Waals surface area contributed by atoms with Crippen LogP contribution in [0.15, 0.2) is 27.2 Å². The lowest BCUT2D eigenvalue weighted by atomic mass is 10.1. The van der Waals surface area contributed by atoms with E-state index in [2.05, 4.69) is 4.98 Å². The van der Waals surface area contributed by atoms with Gasteiger partial charge in [-0.3, -0.25) is 4.79 Å². The van der Waals surface area contributed by atoms with Gasteiger partial charge in [-0.1, -0.05) is 6.92 Å². The molecule has 6 heteroatoms. The highest BCUT2D eigenvalue weighted by Crippen LogP contribution is 2.31. The number of hydrogen-bond donors (Lipinski definition) is 2. The number of H-pyrrole nitrogens is 1. The van der Waals surface area contributed by atoms with Crippen molar-refractivity contribution in [3.8, 4) is 10.4 Å². The molecule has 0 amide bonds. The average Bonchev–Trinajstić information content (AvgIpc) is 2.78. The van der Waals surface area contributed by atoms with E-state index < -0.39 is 11.1 Å². The van der Waals surface area contributed by atoms with Crippen molar-refractivity contribution in [2.24, 2.45) is 0 Å². The van der Waals surface area contributed by atoms with Gasteiger partial charge in [-0.2, -0.15) is 0 Å². The number of aromatic amines is 1. The first-order valence-electron chi connectivity index (χ1n) is 5.46. The highest BCUT2D eigenvalue weighted by atomic mass is 32.2. The molecule has 0 bridgehead atoms. The predicted octanol–water partition coefficient (Wildman–Crippen LogP) is 2.55. The van der Waals surface area contributed by atoms with Gasteiger partial charge in [0.1, 0.15) is 4.21 Å². The third-order valence-electron chi connectivity index (χ3n) is 2.72. The summed E-state index contributed by atoms with van der Waals surface area (Å²) in [6.07, 6.45) is 0.660. The maximum atomic E-state index is 11.6. The van der Waals surface area contributed by atoms with Crippen molar-refractivity contribution in [2.75, 3.05) is 0 Å². The van der Waals surface area contributed by atoms with Crippen LogP contribution in [0.2, 0.25) is 0 Å². The fourth-order valence-corrected chi connectivity index (χ4v) is 3.29. The van der Waals surface area contributed by atoms with E-state index in [1.807, 2.05) is 19.9 Å². The molecular weight excluding hydrogens is 270 g/mol. The molecule has 2 aromatic rings. The van der Waals surface area contributed by atoms with Gasteiger partial charge in [0.2, 0.25) is 0 Å². The van der Waals surface area contributed by atoms with Crippen molar-refractivity contribution >= 4 is 22.4 Å². The Balaban J connectivity index is 2.55. The molecule has 0 radical (unpaired) electrons. The van der Waals surface area contributed by atoms with Crippen molar-refractivity contribution < 1.29 is 8.76 Å². The summed E-state index contributed by atoms with van der Waals surface area (Å²) in [6, 6.07) is 5.28. The molecule has 4 nitrogen and oxygen atoms in total. The van der Waals surface area contributed by atoms with Gasteiger partial charge >= 0.3 is 0 Å². The summed E-state index contributed by atoms with van der Waals surface area (Å²) < 4.78 is 20.4. The smallest absolute Gasteiger partial charge is 0.251 e. The van der Waals surface area contributed by atoms with Gasteiger partial charge in [-0.25, -0.2) is 4.21 Å². The standard InChI is InChI=1S/C12H13NO3S2/c1-3-8-6-9(7(2)13-12(8)14)10-4-5-11(17-10)18(15)16/h4-6H,3H2,1-2H3,(H,13,14)(H,15,16). The Labute approximate surface area is 111 Å². The Morgan fingerprint density at radius 1 is 1.44 bits per heavy atom. The highest BCUT2D eigenvalue weighted by Gasteiger charge is 2.11. The predicted molar refractivity (Wildman–Crippen MR) is 73.5 cm³/mol. The van der Waals surface area contributed by atoms with Crippen LogP contribution in [0.1, 0.15) is 18.2 Å². The second-order valence-corrected chi connectivity index (χ2v) is 6.16. The monoisotopic (exact) mass is 283 g/mol. The van der Waals surface area contributed by atoms with Crippen LogP contribution in [0.25, 0.3) is 10.4 Å². The highest BCUT2D eigenvalue weighted by molar-refractivity contribution is 7.81. The van der Waals surface area contributed by atoms with Gasteiger partial charge in [0.05, 0.1) is 0 Å². The minimum atomic E-state index is -1.95. The summed E-state index contributed by atoms with van der Waals surface area (Å²) in [4.78, 5) is 15.3. The first-order valence-corrected chi connectivity index (χ1v) is 7.39. The Bertz CT molecular complexity index is 658. The summed E-state index contributed by atoms with van der Waals surface area (Å²) in [6.45, 7) is 3.75. The van der Waals surface area contributed by atoms with E-state index in [1.54, 1.807) is 12.1 Å². The number of rotatable bonds is 3. The van der Waals surface area contributed by atoms with E-state index in [-0.39, 0.29) is 5.56 Å². The van der Waals surface area contributed by atoms with Crippen LogP contribution in [0.3, 0.4) is 0 Å². The zero-order chi connectivity index (χ0) is 13.3. The Kier molecular flexibility index (Phi) is 3.79. The molecule has 0 spiro atoms. The summed E-state index contributed by atoms with van der Waals surface area (Å²) >= 11 is -0.692. The summed E-state index contributed by atoms with van der Waals surface area (Å²) in [5, 5.41) is 0. The molecule has 18 heavy (non-hydrogen) atoms. The minimum absolute atomic E-state index is 0.0683. The Morgan fingerprint density at radius 2 is 2.17 bits per heavy atom. The topological polar surface area (TPSA) is 70.2 Å². The van der Waals surface area contributed by atoms with Crippen LogP contribution in [-0.4, -0.2) is 13.7 Å². The van der Waals surface area contributed by atoms with Crippen LogP contribution in [-0.2, 0) is 17.5 Å². The first kappa shape index (κ1) is 13.2. The van der Waals surface area contributed by atoms with Crippen molar-refractivity contribution in [1.82, 2.24) is 4.98 Å². The van der Waals surface area contributed by atoms with E-state index in [0.717, 1.165) is 21.7 Å². The van der Waals surface area contributed by atoms with E-state index in [1.165, 1.54) is 11.3 Å². The fraction of sp³-hybridized carbons (Fsp3) is 0.250. The quantitative estimate of drug-likeness (QED) is 0.850. The number of pyridine rings is 1. The van der Waals surface area contributed by atoms with Gasteiger partial charge in [-0.15, -0.1) is 11.3 Å². The van der Waals surface area contributed by atoms with Crippen molar-refractivity contribution in [3.05, 3.63) is 39.8 Å². The maximum absolute atomic E-state index is 11.6. The molecule has 1 atom stereocenters. The van der Waals surface area contributed by atoms with Gasteiger partial charge < -0.3 is 9.54 Å². The number of hydrogen-bond acceptors (Lipinski definition) is 3. The first-order chi connectivity index (χ1) is 8.52. The molecule has 0 aliphatic rings. The fourth-order valence-electron chi connectivity index (χ4n) is 1.74. The van der Waals surface area contributed by atoms with E-state index in [4.69, 9.17) is 4.55 Å². The lowest BCUT2D eigenvalue weighted by Gasteiger charge is -2.05. The van der Waals surface area contributed by atoms with Crippen LogP contribution < -0.4 is 5.56 Å². The summed E-state index contributed by atoms with van der Waals surface area (Å²) in [5.74, 6) is 0. The molecule has 0 aliphatic carbocycles. The van der Waals surface area contributed by atoms with Crippen LogP contribution in [0.5, 0.6) is 0 Å². The van der Waals surface area contributed by atoms with E-state index >= 15 is 0 Å². The molecule has 0 saturated heterocycles. The Hall–Kier alpha value is -1.24. The van der Waals surface area contributed by atoms with Gasteiger partial charge in [-0.05, 0) is 31.5 Å². The molecule has 0 aliphatic heterocycles. The lowest BCUT2D eigenvalue weighted by molar-refractivity contribution is 0.566. The molecule has 0 fully saturated rings. The largest absolute Gasteiger partial charge is 0.326 e. The maximum Gasteiger partial charge on any atom is 0.251 e. The normalized spacial score (nSPS) is 12.6. The van der Waals surface area contributed by atoms with Gasteiger partial charge in [0.25, 0.3) is 5.56 Å². The van der Waals surface area contributed by atoms with Crippen molar-refractivity contribution in [1.29, 1.82) is 0 Å². The van der Waals surface area contributed by atoms with E-state index in [0.29, 0.717) is 10.6 Å². The molecule has 96 valence electrons. The zero-order valence-corrected chi connectivity index (χ0v) is 11.7. The van der Waals surface area contributed by atoms with E-state index in [9.17, 15) is 9.00 Å². The second-order valence-electron chi connectivity index (χ2n) is 3.88. The Morgan fingerprint density at radius 3 is 2.72 bits per heavy atom. The third kappa shape index (κ3) is 2.45. The summed E-state index contributed by atoms with van der Waals surface area (Å²) in [5.41, 5.74) is 2.33. The summed E-state index contributed by atoms with van der Waals surface area (Å²) in [7, 11) is 0. The van der Waals surface area contributed by atoms with Crippen molar-refractivity contribution in [2.45, 2.75) is 24.5 Å². The molecule has 2 rings (SSSR count). The molecule has 1 unspecified atom stereocenters. The zero-order valence-electron chi connectivity index (χ0n) is 10.0. The molecular formula is C12H13NO3S2. The van der Waals surface area contributed by atoms with Crippen LogP contribution in [0, 0.1) is 6.92 Å². The van der Waals surface area contributed by atoms with Crippen LogP contribution >= 0.6 is 11.3 Å². The van der Waals surface area contributed by atoms with Crippen molar-refractivity contribution in [3.63, 3.8) is 0 Å². The molecule has 2 heterocycles. The van der Waals surface area contributed by atoms with Gasteiger partial charge in [0.15, 0.2) is 11.1 Å². The average molecular weight is 283 g/mol. The van der Waals surface area contributed by atoms with Gasteiger partial charge in [0, 0.05) is 21.7 Å². The molecule has 0 saturated carbocycles. The molecule has 2 aromatic heterocycles. The third-order valence-corrected chi connectivity index (χ3v) is 4.79. The number of nitrogens with one attached hydrogen (secondary N) is 1. The second kappa shape index (κ2) is 5.17. The number of aromatic nitrogens is 1. The molecule has 2 N–H and O–H groups in total. The van der Waals surface area contributed by atoms with Crippen LogP contribution in [0.4, 0.5) is 0 Å².